The van der Waals surface area contributed by atoms with Crippen LogP contribution in [0.15, 0.2) is 18.3 Å². The van der Waals surface area contributed by atoms with Gasteiger partial charge in [-0.2, -0.15) is 0 Å². The molecule has 0 amide bonds. The minimum Gasteiger partial charge on any atom is -0.390 e. The fourth-order valence-electron chi connectivity index (χ4n) is 4.32. The van der Waals surface area contributed by atoms with Crippen LogP contribution in [-0.2, 0) is 6.54 Å². The van der Waals surface area contributed by atoms with E-state index in [4.69, 9.17) is 0 Å². The van der Waals surface area contributed by atoms with E-state index in [1.54, 1.807) is 0 Å². The summed E-state index contributed by atoms with van der Waals surface area (Å²) in [6, 6.07) is 4.15. The van der Waals surface area contributed by atoms with Crippen LogP contribution in [0.3, 0.4) is 0 Å². The molecule has 1 aromatic rings. The Balaban J connectivity index is 1.72. The largest absolute Gasteiger partial charge is 0.390 e. The van der Waals surface area contributed by atoms with E-state index in [0.29, 0.717) is 11.8 Å². The number of anilines is 1. The van der Waals surface area contributed by atoms with E-state index < -0.39 is 5.60 Å². The summed E-state index contributed by atoms with van der Waals surface area (Å²) in [5, 5.41) is 14.1. The van der Waals surface area contributed by atoms with E-state index in [9.17, 15) is 5.11 Å². The third-order valence-corrected chi connectivity index (χ3v) is 5.53. The molecule has 116 valence electrons. The maximum Gasteiger partial charge on any atom is 0.130 e. The Morgan fingerprint density at radius 2 is 2.33 bits per heavy atom. The molecule has 0 spiro atoms. The van der Waals surface area contributed by atoms with E-state index in [0.717, 1.165) is 38.3 Å². The van der Waals surface area contributed by atoms with Crippen molar-refractivity contribution in [3.05, 3.63) is 23.9 Å². The average Bonchev–Trinajstić information content (AvgIpc) is 2.92. The lowest BCUT2D eigenvalue weighted by molar-refractivity contribution is -0.0613. The van der Waals surface area contributed by atoms with Crippen LogP contribution in [0.5, 0.6) is 0 Å². The van der Waals surface area contributed by atoms with Crippen molar-refractivity contribution in [1.29, 1.82) is 0 Å². The first-order valence-corrected chi connectivity index (χ1v) is 8.22. The third-order valence-electron chi connectivity index (χ3n) is 5.53. The highest BCUT2D eigenvalue weighted by Crippen LogP contribution is 2.44. The summed E-state index contributed by atoms with van der Waals surface area (Å²) in [6.07, 6.45) is 6.14. The van der Waals surface area contributed by atoms with E-state index in [1.165, 1.54) is 18.4 Å². The predicted octanol–water partition coefficient (Wildman–Crippen LogP) is 2.50. The van der Waals surface area contributed by atoms with Gasteiger partial charge in [0.25, 0.3) is 0 Å². The van der Waals surface area contributed by atoms with E-state index in [1.807, 2.05) is 19.3 Å². The Morgan fingerprint density at radius 3 is 3.10 bits per heavy atom. The number of aliphatic hydroxyl groups is 1. The van der Waals surface area contributed by atoms with Gasteiger partial charge in [0, 0.05) is 44.4 Å². The molecule has 4 heteroatoms. The minimum absolute atomic E-state index is 0.432. The monoisotopic (exact) mass is 289 g/mol. The van der Waals surface area contributed by atoms with Gasteiger partial charge in [0.1, 0.15) is 5.82 Å². The summed E-state index contributed by atoms with van der Waals surface area (Å²) in [7, 11) is 1.92. The first-order valence-electron chi connectivity index (χ1n) is 8.22. The van der Waals surface area contributed by atoms with Gasteiger partial charge in [-0.15, -0.1) is 0 Å². The lowest BCUT2D eigenvalue weighted by Crippen LogP contribution is -2.44. The molecule has 4 nitrogen and oxygen atoms in total. The van der Waals surface area contributed by atoms with Crippen LogP contribution >= 0.6 is 0 Å². The second-order valence-electron chi connectivity index (χ2n) is 6.67. The molecule has 1 aliphatic carbocycles. The molecule has 3 rings (SSSR count). The fourth-order valence-corrected chi connectivity index (χ4v) is 4.32. The molecule has 2 N–H and O–H groups in total. The van der Waals surface area contributed by atoms with Gasteiger partial charge >= 0.3 is 0 Å². The van der Waals surface area contributed by atoms with Crippen LogP contribution in [-0.4, -0.2) is 40.7 Å². The van der Waals surface area contributed by atoms with Crippen molar-refractivity contribution in [1.82, 2.24) is 9.88 Å². The van der Waals surface area contributed by atoms with Gasteiger partial charge in [-0.25, -0.2) is 4.98 Å². The van der Waals surface area contributed by atoms with E-state index >= 15 is 0 Å². The van der Waals surface area contributed by atoms with Crippen molar-refractivity contribution in [2.75, 3.05) is 25.5 Å². The van der Waals surface area contributed by atoms with E-state index in [-0.39, 0.29) is 0 Å². The van der Waals surface area contributed by atoms with Crippen molar-refractivity contribution in [2.45, 2.75) is 44.8 Å². The van der Waals surface area contributed by atoms with Crippen molar-refractivity contribution < 1.29 is 5.11 Å². The highest BCUT2D eigenvalue weighted by atomic mass is 16.3. The molecule has 0 unspecified atom stereocenters. The summed E-state index contributed by atoms with van der Waals surface area (Å²) in [5.74, 6) is 2.09. The van der Waals surface area contributed by atoms with Crippen LogP contribution in [0.25, 0.3) is 0 Å². The normalized spacial score (nSPS) is 32.9. The Labute approximate surface area is 127 Å². The second-order valence-corrected chi connectivity index (χ2v) is 6.67. The van der Waals surface area contributed by atoms with Crippen LogP contribution in [0.4, 0.5) is 5.82 Å². The molecule has 0 aromatic carbocycles. The van der Waals surface area contributed by atoms with Crippen LogP contribution in [0.2, 0.25) is 0 Å². The highest BCUT2D eigenvalue weighted by Gasteiger charge is 2.47. The number of pyridine rings is 1. The zero-order valence-corrected chi connectivity index (χ0v) is 13.2. The van der Waals surface area contributed by atoms with Gasteiger partial charge in [0.05, 0.1) is 5.60 Å². The Kier molecular flexibility index (Phi) is 4.18. The number of nitrogens with one attached hydrogen (secondary N) is 1. The van der Waals surface area contributed by atoms with Crippen LogP contribution in [0, 0.1) is 11.8 Å². The quantitative estimate of drug-likeness (QED) is 0.894. The van der Waals surface area contributed by atoms with Gasteiger partial charge in [-0.3, -0.25) is 4.90 Å². The smallest absolute Gasteiger partial charge is 0.130 e. The number of fused-ring (bicyclic) bond motifs is 1. The van der Waals surface area contributed by atoms with Crippen molar-refractivity contribution in [3.63, 3.8) is 0 Å². The lowest BCUT2D eigenvalue weighted by Gasteiger charge is -2.40. The molecule has 1 saturated carbocycles. The molecule has 2 fully saturated rings. The first kappa shape index (κ1) is 14.8. The maximum atomic E-state index is 10.9. The summed E-state index contributed by atoms with van der Waals surface area (Å²) in [6.45, 7) is 5.19. The van der Waals surface area contributed by atoms with Gasteiger partial charge in [-0.1, -0.05) is 19.4 Å². The molecule has 2 heterocycles. The highest BCUT2D eigenvalue weighted by molar-refractivity contribution is 5.42. The second kappa shape index (κ2) is 5.93. The Morgan fingerprint density at radius 1 is 1.48 bits per heavy atom. The molecule has 2 aliphatic rings. The SMILES string of the molecule is CC[C@]1(O)CCC[C@H]2CN(Cc3cccnc3NC)C[C@H]21. The molecular formula is C17H27N3O. The Hall–Kier alpha value is -1.13. The van der Waals surface area contributed by atoms with Crippen molar-refractivity contribution in [3.8, 4) is 0 Å². The fraction of sp³-hybridized carbons (Fsp3) is 0.706. The first-order chi connectivity index (χ1) is 10.2. The number of rotatable bonds is 4. The van der Waals surface area contributed by atoms with Crippen molar-refractivity contribution >= 4 is 5.82 Å². The van der Waals surface area contributed by atoms with Gasteiger partial charge in [0.2, 0.25) is 0 Å². The third kappa shape index (κ3) is 2.79. The standard InChI is InChI=1S/C17H27N3O/c1-3-17(21)8-4-6-13-10-20(12-15(13)17)11-14-7-5-9-19-16(14)18-2/h5,7,9,13,15,21H,3-4,6,8,10-12H2,1-2H3,(H,18,19)/t13-,15+,17-/m0/s1. The predicted molar refractivity (Wildman–Crippen MR) is 85.1 cm³/mol. The zero-order valence-electron chi connectivity index (χ0n) is 13.2. The number of nitrogens with zero attached hydrogens (tertiary/aromatic N) is 2. The molecule has 1 aromatic heterocycles. The molecule has 3 atom stereocenters. The Bertz CT molecular complexity index is 493. The number of hydrogen-bond acceptors (Lipinski definition) is 4. The molecule has 1 saturated heterocycles. The van der Waals surface area contributed by atoms with Crippen LogP contribution in [0.1, 0.15) is 38.2 Å². The minimum atomic E-state index is -0.432. The summed E-state index contributed by atoms with van der Waals surface area (Å²) >= 11 is 0. The van der Waals surface area contributed by atoms with Gasteiger partial charge in [-0.05, 0) is 31.2 Å². The molecule has 21 heavy (non-hydrogen) atoms. The molecular weight excluding hydrogens is 262 g/mol. The van der Waals surface area contributed by atoms with E-state index in [2.05, 4.69) is 28.2 Å². The molecule has 0 radical (unpaired) electrons. The topological polar surface area (TPSA) is 48.4 Å². The lowest BCUT2D eigenvalue weighted by atomic mass is 9.69. The summed E-state index contributed by atoms with van der Waals surface area (Å²) in [5.41, 5.74) is 0.817. The van der Waals surface area contributed by atoms with Crippen molar-refractivity contribution in [2.24, 2.45) is 11.8 Å². The molecule has 0 bridgehead atoms. The molecule has 1 aliphatic heterocycles. The van der Waals surface area contributed by atoms with Crippen LogP contribution < -0.4 is 5.32 Å². The number of aromatic nitrogens is 1. The average molecular weight is 289 g/mol. The number of hydrogen-bond donors (Lipinski definition) is 2. The zero-order chi connectivity index (χ0) is 14.9. The number of likely N-dealkylation sites (tertiary alicyclic amines) is 1. The van der Waals surface area contributed by atoms with Gasteiger partial charge in [0.15, 0.2) is 0 Å². The summed E-state index contributed by atoms with van der Waals surface area (Å²) in [4.78, 5) is 6.89. The van der Waals surface area contributed by atoms with Gasteiger partial charge < -0.3 is 10.4 Å². The summed E-state index contributed by atoms with van der Waals surface area (Å²) < 4.78 is 0. The maximum absolute atomic E-state index is 10.9.